The van der Waals surface area contributed by atoms with Crippen LogP contribution in [0.3, 0.4) is 0 Å². The minimum atomic E-state index is -0.235. The van der Waals surface area contributed by atoms with Gasteiger partial charge in [0.05, 0.1) is 12.1 Å². The van der Waals surface area contributed by atoms with Gasteiger partial charge in [-0.15, -0.1) is 10.2 Å². The van der Waals surface area contributed by atoms with Gasteiger partial charge >= 0.3 is 0 Å². The molecule has 0 radical (unpaired) electrons. The van der Waals surface area contributed by atoms with Crippen LogP contribution in [0.4, 0.5) is 5.82 Å². The summed E-state index contributed by atoms with van der Waals surface area (Å²) in [7, 11) is 0. The van der Waals surface area contributed by atoms with Crippen LogP contribution in [0.15, 0.2) is 18.7 Å². The lowest BCUT2D eigenvalue weighted by atomic mass is 9.99. The molecule has 1 saturated carbocycles. The second-order valence-corrected chi connectivity index (χ2v) is 4.61. The van der Waals surface area contributed by atoms with Crippen LogP contribution in [-0.4, -0.2) is 36.8 Å². The molecule has 3 rings (SSSR count). The van der Waals surface area contributed by atoms with Gasteiger partial charge in [-0.1, -0.05) is 12.8 Å². The Kier molecular flexibility index (Phi) is 2.44. The fourth-order valence-corrected chi connectivity index (χ4v) is 2.47. The highest BCUT2D eigenvalue weighted by Crippen LogP contribution is 2.32. The predicted octanol–water partition coefficient (Wildman–Crippen LogP) is 0.841. The van der Waals surface area contributed by atoms with Gasteiger partial charge in [-0.25, -0.2) is 4.98 Å². The van der Waals surface area contributed by atoms with Gasteiger partial charge in [0.15, 0.2) is 5.82 Å². The zero-order valence-electron chi connectivity index (χ0n) is 9.50. The van der Waals surface area contributed by atoms with E-state index in [0.717, 1.165) is 25.7 Å². The first kappa shape index (κ1) is 10.5. The molecule has 0 saturated heterocycles. The van der Waals surface area contributed by atoms with E-state index in [1.54, 1.807) is 18.7 Å². The van der Waals surface area contributed by atoms with Crippen molar-refractivity contribution in [3.8, 4) is 0 Å². The average Bonchev–Trinajstić information content (AvgIpc) is 2.98. The Morgan fingerprint density at radius 2 is 2.24 bits per heavy atom. The van der Waals surface area contributed by atoms with Crippen LogP contribution in [-0.2, 0) is 0 Å². The maximum Gasteiger partial charge on any atom is 0.203 e. The average molecular weight is 233 g/mol. The van der Waals surface area contributed by atoms with Gasteiger partial charge in [0.1, 0.15) is 6.33 Å². The monoisotopic (exact) mass is 233 g/mol. The molecule has 1 aliphatic rings. The van der Waals surface area contributed by atoms with E-state index < -0.39 is 0 Å². The molecular formula is C11H15N5O. The van der Waals surface area contributed by atoms with E-state index >= 15 is 0 Å². The molecule has 6 heteroatoms. The fourth-order valence-electron chi connectivity index (χ4n) is 2.47. The van der Waals surface area contributed by atoms with Crippen molar-refractivity contribution in [3.63, 3.8) is 0 Å². The van der Waals surface area contributed by atoms with Crippen molar-refractivity contribution in [2.24, 2.45) is 0 Å². The Bertz CT molecular complexity index is 517. The maximum atomic E-state index is 9.57. The van der Waals surface area contributed by atoms with Crippen molar-refractivity contribution < 1.29 is 5.11 Å². The SMILES string of the molecule is OCC1(Nc2nccn3cnnc23)CCCC1. The summed E-state index contributed by atoms with van der Waals surface area (Å²) >= 11 is 0. The lowest BCUT2D eigenvalue weighted by molar-refractivity contribution is 0.214. The van der Waals surface area contributed by atoms with Gasteiger partial charge in [0.25, 0.3) is 0 Å². The molecule has 2 aromatic heterocycles. The molecule has 0 amide bonds. The Morgan fingerprint density at radius 1 is 1.41 bits per heavy atom. The number of anilines is 1. The van der Waals surface area contributed by atoms with E-state index in [1.165, 1.54) is 0 Å². The summed E-state index contributed by atoms with van der Waals surface area (Å²) in [6.45, 7) is 0.129. The summed E-state index contributed by atoms with van der Waals surface area (Å²) < 4.78 is 1.81. The minimum Gasteiger partial charge on any atom is -0.394 e. The Hall–Kier alpha value is -1.69. The molecule has 1 aliphatic carbocycles. The van der Waals surface area contributed by atoms with Gasteiger partial charge < -0.3 is 10.4 Å². The first-order valence-electron chi connectivity index (χ1n) is 5.86. The quantitative estimate of drug-likeness (QED) is 0.821. The van der Waals surface area contributed by atoms with Gasteiger partial charge in [0, 0.05) is 12.4 Å². The number of hydrogen-bond acceptors (Lipinski definition) is 5. The van der Waals surface area contributed by atoms with E-state index in [4.69, 9.17) is 0 Å². The molecule has 0 atom stereocenters. The van der Waals surface area contributed by atoms with Gasteiger partial charge in [0.2, 0.25) is 5.65 Å². The first-order chi connectivity index (χ1) is 8.33. The van der Waals surface area contributed by atoms with E-state index in [0.29, 0.717) is 11.5 Å². The summed E-state index contributed by atoms with van der Waals surface area (Å²) in [5, 5.41) is 20.8. The molecule has 90 valence electrons. The highest BCUT2D eigenvalue weighted by atomic mass is 16.3. The fraction of sp³-hybridized carbons (Fsp3) is 0.545. The second kappa shape index (κ2) is 3.96. The summed E-state index contributed by atoms with van der Waals surface area (Å²) in [6, 6.07) is 0. The lowest BCUT2D eigenvalue weighted by Crippen LogP contribution is -2.39. The summed E-state index contributed by atoms with van der Waals surface area (Å²) in [4.78, 5) is 4.29. The van der Waals surface area contributed by atoms with E-state index in [2.05, 4.69) is 20.5 Å². The lowest BCUT2D eigenvalue weighted by Gasteiger charge is -2.28. The normalized spacial score (nSPS) is 18.6. The van der Waals surface area contributed by atoms with Gasteiger partial charge in [-0.2, -0.15) is 0 Å². The van der Waals surface area contributed by atoms with Crippen LogP contribution < -0.4 is 5.32 Å². The molecule has 1 fully saturated rings. The summed E-state index contributed by atoms with van der Waals surface area (Å²) in [6.07, 6.45) is 9.38. The topological polar surface area (TPSA) is 75.3 Å². The van der Waals surface area contributed by atoms with Crippen LogP contribution in [0.25, 0.3) is 5.65 Å². The Morgan fingerprint density at radius 3 is 3.00 bits per heavy atom. The molecule has 0 aliphatic heterocycles. The highest BCUT2D eigenvalue weighted by molar-refractivity contribution is 5.62. The molecule has 2 heterocycles. The number of rotatable bonds is 3. The van der Waals surface area contributed by atoms with Crippen LogP contribution in [0.5, 0.6) is 0 Å². The standard InChI is InChI=1S/C11H15N5O/c17-7-11(3-1-2-4-11)14-9-10-15-13-8-16(10)6-5-12-9/h5-6,8,17H,1-4,7H2,(H,12,14). The number of nitrogens with zero attached hydrogens (tertiary/aromatic N) is 4. The minimum absolute atomic E-state index is 0.129. The molecule has 2 aromatic rings. The summed E-state index contributed by atoms with van der Waals surface area (Å²) in [5.74, 6) is 0.695. The Labute approximate surface area is 98.7 Å². The molecule has 0 bridgehead atoms. The predicted molar refractivity (Wildman–Crippen MR) is 62.7 cm³/mol. The number of aliphatic hydroxyl groups excluding tert-OH is 1. The highest BCUT2D eigenvalue weighted by Gasteiger charge is 2.33. The Balaban J connectivity index is 1.96. The van der Waals surface area contributed by atoms with Crippen molar-refractivity contribution in [1.29, 1.82) is 0 Å². The number of aliphatic hydroxyl groups is 1. The first-order valence-corrected chi connectivity index (χ1v) is 5.86. The third-order valence-electron chi connectivity index (χ3n) is 3.46. The van der Waals surface area contributed by atoms with Gasteiger partial charge in [-0.3, -0.25) is 4.40 Å². The molecule has 17 heavy (non-hydrogen) atoms. The van der Waals surface area contributed by atoms with Crippen molar-refractivity contribution in [1.82, 2.24) is 19.6 Å². The molecule has 6 nitrogen and oxygen atoms in total. The van der Waals surface area contributed by atoms with Crippen LogP contribution in [0.1, 0.15) is 25.7 Å². The van der Waals surface area contributed by atoms with Crippen molar-refractivity contribution in [2.75, 3.05) is 11.9 Å². The van der Waals surface area contributed by atoms with Crippen LogP contribution in [0.2, 0.25) is 0 Å². The summed E-state index contributed by atoms with van der Waals surface area (Å²) in [5.41, 5.74) is 0.466. The zero-order chi connectivity index (χ0) is 11.7. The molecular weight excluding hydrogens is 218 g/mol. The number of nitrogens with one attached hydrogen (secondary N) is 1. The largest absolute Gasteiger partial charge is 0.394 e. The zero-order valence-corrected chi connectivity index (χ0v) is 9.50. The van der Waals surface area contributed by atoms with Gasteiger partial charge in [-0.05, 0) is 12.8 Å². The maximum absolute atomic E-state index is 9.57. The van der Waals surface area contributed by atoms with Crippen LogP contribution in [0, 0.1) is 0 Å². The second-order valence-electron chi connectivity index (χ2n) is 4.61. The van der Waals surface area contributed by atoms with Crippen molar-refractivity contribution in [2.45, 2.75) is 31.2 Å². The number of aromatic nitrogens is 4. The third kappa shape index (κ3) is 1.74. The van der Waals surface area contributed by atoms with Crippen LogP contribution >= 0.6 is 0 Å². The number of fused-ring (bicyclic) bond motifs is 1. The molecule has 2 N–H and O–H groups in total. The number of hydrogen-bond donors (Lipinski definition) is 2. The third-order valence-corrected chi connectivity index (χ3v) is 3.46. The molecule has 0 aromatic carbocycles. The smallest absolute Gasteiger partial charge is 0.203 e. The van der Waals surface area contributed by atoms with E-state index in [1.807, 2.05) is 4.40 Å². The van der Waals surface area contributed by atoms with E-state index in [-0.39, 0.29) is 12.1 Å². The van der Waals surface area contributed by atoms with E-state index in [9.17, 15) is 5.11 Å². The van der Waals surface area contributed by atoms with Crippen molar-refractivity contribution >= 4 is 11.5 Å². The molecule has 0 spiro atoms. The molecule has 0 unspecified atom stereocenters. The van der Waals surface area contributed by atoms with Crippen molar-refractivity contribution in [3.05, 3.63) is 18.7 Å².